The summed E-state index contributed by atoms with van der Waals surface area (Å²) in [6, 6.07) is 8.66. The van der Waals surface area contributed by atoms with Crippen molar-refractivity contribution in [3.8, 4) is 0 Å². The summed E-state index contributed by atoms with van der Waals surface area (Å²) in [6.07, 6.45) is 1.93. The number of hydrogen-bond donors (Lipinski definition) is 0. The maximum Gasteiger partial charge on any atom is 0.0722 e. The molecule has 0 N–H and O–H groups in total. The number of benzene rings is 1. The summed E-state index contributed by atoms with van der Waals surface area (Å²) in [7, 11) is 0. The molecule has 2 heterocycles. The van der Waals surface area contributed by atoms with Crippen molar-refractivity contribution in [2.45, 2.75) is 13.8 Å². The van der Waals surface area contributed by atoms with Gasteiger partial charge in [-0.05, 0) is 31.7 Å². The number of anilines is 1. The molecule has 1 aliphatic rings. The van der Waals surface area contributed by atoms with E-state index in [0.717, 1.165) is 38.2 Å². The van der Waals surface area contributed by atoms with Crippen molar-refractivity contribution in [3.05, 3.63) is 36.0 Å². The summed E-state index contributed by atoms with van der Waals surface area (Å²) in [6.45, 7) is 10.1. The van der Waals surface area contributed by atoms with Crippen molar-refractivity contribution in [2.75, 3.05) is 37.6 Å². The number of likely N-dealkylation sites (N-methyl/N-ethyl adjacent to an activating group) is 1. The van der Waals surface area contributed by atoms with Crippen molar-refractivity contribution in [2.24, 2.45) is 0 Å². The fourth-order valence-corrected chi connectivity index (χ4v) is 2.83. The second-order valence-electron chi connectivity index (χ2n) is 5.27. The predicted molar refractivity (Wildman–Crippen MR) is 80.8 cm³/mol. The van der Waals surface area contributed by atoms with E-state index in [0.29, 0.717) is 0 Å². The molecule has 19 heavy (non-hydrogen) atoms. The highest BCUT2D eigenvalue weighted by Crippen LogP contribution is 2.27. The first kappa shape index (κ1) is 12.4. The van der Waals surface area contributed by atoms with Crippen LogP contribution in [0.4, 0.5) is 5.69 Å². The lowest BCUT2D eigenvalue weighted by atomic mass is 10.1. The molecule has 0 spiro atoms. The van der Waals surface area contributed by atoms with Crippen LogP contribution in [-0.2, 0) is 0 Å². The van der Waals surface area contributed by atoms with Crippen LogP contribution in [0.2, 0.25) is 0 Å². The topological polar surface area (TPSA) is 19.4 Å². The summed E-state index contributed by atoms with van der Waals surface area (Å²) >= 11 is 0. The van der Waals surface area contributed by atoms with Crippen molar-refractivity contribution in [1.82, 2.24) is 9.88 Å². The third-order valence-corrected chi connectivity index (χ3v) is 4.03. The molecule has 1 fully saturated rings. The van der Waals surface area contributed by atoms with E-state index < -0.39 is 0 Å². The van der Waals surface area contributed by atoms with Gasteiger partial charge in [0, 0.05) is 43.4 Å². The molecule has 0 radical (unpaired) electrons. The molecule has 0 atom stereocenters. The third-order valence-electron chi connectivity index (χ3n) is 4.03. The molecule has 0 bridgehead atoms. The van der Waals surface area contributed by atoms with Gasteiger partial charge < -0.3 is 9.80 Å². The molecule has 0 saturated carbocycles. The molecule has 0 amide bonds. The van der Waals surface area contributed by atoms with E-state index >= 15 is 0 Å². The highest BCUT2D eigenvalue weighted by molar-refractivity contribution is 5.92. The summed E-state index contributed by atoms with van der Waals surface area (Å²) < 4.78 is 0. The first-order valence-electron chi connectivity index (χ1n) is 7.10. The monoisotopic (exact) mass is 255 g/mol. The Morgan fingerprint density at radius 2 is 1.89 bits per heavy atom. The zero-order valence-electron chi connectivity index (χ0n) is 11.8. The summed E-state index contributed by atoms with van der Waals surface area (Å²) in [5, 5.41) is 1.28. The maximum absolute atomic E-state index is 4.47. The second kappa shape index (κ2) is 5.17. The van der Waals surface area contributed by atoms with Crippen LogP contribution in [0.3, 0.4) is 0 Å². The van der Waals surface area contributed by atoms with Crippen LogP contribution in [0.25, 0.3) is 10.9 Å². The predicted octanol–water partition coefficient (Wildman–Crippen LogP) is 2.69. The molecule has 1 aromatic heterocycles. The standard InChI is InChI=1S/C16H21N3/c1-3-18-8-10-19(11-9-18)16-6-7-17-15-5-4-13(2)12-14(15)16/h4-7,12H,3,8-11H2,1-2H3. The number of hydrogen-bond acceptors (Lipinski definition) is 3. The van der Waals surface area contributed by atoms with Crippen LogP contribution < -0.4 is 4.90 Å². The molecule has 0 aliphatic carbocycles. The van der Waals surface area contributed by atoms with Gasteiger partial charge in [-0.3, -0.25) is 4.98 Å². The highest BCUT2D eigenvalue weighted by Gasteiger charge is 2.17. The minimum Gasteiger partial charge on any atom is -0.368 e. The van der Waals surface area contributed by atoms with E-state index in [-0.39, 0.29) is 0 Å². The molecule has 2 aromatic rings. The molecular weight excluding hydrogens is 234 g/mol. The summed E-state index contributed by atoms with van der Waals surface area (Å²) in [5.41, 5.74) is 3.74. The Morgan fingerprint density at radius 3 is 2.63 bits per heavy atom. The Balaban J connectivity index is 1.94. The van der Waals surface area contributed by atoms with Crippen molar-refractivity contribution >= 4 is 16.6 Å². The fourth-order valence-electron chi connectivity index (χ4n) is 2.83. The maximum atomic E-state index is 4.47. The molecule has 1 aromatic carbocycles. The average Bonchev–Trinajstić information content (AvgIpc) is 2.47. The van der Waals surface area contributed by atoms with Gasteiger partial charge in [0.25, 0.3) is 0 Å². The third kappa shape index (κ3) is 2.43. The molecule has 1 aliphatic heterocycles. The fraction of sp³-hybridized carbons (Fsp3) is 0.438. The molecule has 1 saturated heterocycles. The number of aryl methyl sites for hydroxylation is 1. The lowest BCUT2D eigenvalue weighted by molar-refractivity contribution is 0.271. The molecule has 3 nitrogen and oxygen atoms in total. The average molecular weight is 255 g/mol. The number of piperazine rings is 1. The second-order valence-corrected chi connectivity index (χ2v) is 5.27. The van der Waals surface area contributed by atoms with Gasteiger partial charge in [-0.2, -0.15) is 0 Å². The van der Waals surface area contributed by atoms with Gasteiger partial charge in [-0.25, -0.2) is 0 Å². The largest absolute Gasteiger partial charge is 0.368 e. The van der Waals surface area contributed by atoms with Crippen molar-refractivity contribution < 1.29 is 0 Å². The van der Waals surface area contributed by atoms with E-state index in [1.165, 1.54) is 16.6 Å². The SMILES string of the molecule is CCN1CCN(c2ccnc3ccc(C)cc23)CC1. The van der Waals surface area contributed by atoms with Gasteiger partial charge in [0.15, 0.2) is 0 Å². The van der Waals surface area contributed by atoms with E-state index in [1.807, 2.05) is 6.20 Å². The Labute approximate surface area is 114 Å². The molecule has 0 unspecified atom stereocenters. The lowest BCUT2D eigenvalue weighted by Crippen LogP contribution is -2.46. The first-order valence-corrected chi connectivity index (χ1v) is 7.10. The normalized spacial score (nSPS) is 17.1. The zero-order valence-corrected chi connectivity index (χ0v) is 11.8. The van der Waals surface area contributed by atoms with E-state index in [1.54, 1.807) is 0 Å². The zero-order chi connectivity index (χ0) is 13.2. The Kier molecular flexibility index (Phi) is 3.38. The van der Waals surface area contributed by atoms with Gasteiger partial charge in [0.05, 0.1) is 5.52 Å². The van der Waals surface area contributed by atoms with Crippen molar-refractivity contribution in [3.63, 3.8) is 0 Å². The van der Waals surface area contributed by atoms with E-state index in [4.69, 9.17) is 0 Å². The molecule has 100 valence electrons. The van der Waals surface area contributed by atoms with Gasteiger partial charge in [-0.15, -0.1) is 0 Å². The Hall–Kier alpha value is -1.61. The van der Waals surface area contributed by atoms with Gasteiger partial charge in [0.2, 0.25) is 0 Å². The quantitative estimate of drug-likeness (QED) is 0.822. The smallest absolute Gasteiger partial charge is 0.0722 e. The lowest BCUT2D eigenvalue weighted by Gasteiger charge is -2.36. The van der Waals surface area contributed by atoms with Gasteiger partial charge in [-0.1, -0.05) is 18.6 Å². The summed E-state index contributed by atoms with van der Waals surface area (Å²) in [5.74, 6) is 0. The van der Waals surface area contributed by atoms with Crippen LogP contribution in [0.15, 0.2) is 30.5 Å². The first-order chi connectivity index (χ1) is 9.28. The minimum atomic E-state index is 1.10. The van der Waals surface area contributed by atoms with Crippen molar-refractivity contribution in [1.29, 1.82) is 0 Å². The minimum absolute atomic E-state index is 1.10. The number of nitrogens with zero attached hydrogens (tertiary/aromatic N) is 3. The van der Waals surface area contributed by atoms with Gasteiger partial charge >= 0.3 is 0 Å². The van der Waals surface area contributed by atoms with Crippen LogP contribution >= 0.6 is 0 Å². The number of aromatic nitrogens is 1. The molecule has 3 heteroatoms. The Bertz CT molecular complexity index is 571. The van der Waals surface area contributed by atoms with Crippen LogP contribution in [0, 0.1) is 6.92 Å². The summed E-state index contributed by atoms with van der Waals surface area (Å²) in [4.78, 5) is 9.47. The van der Waals surface area contributed by atoms with Crippen LogP contribution in [0.1, 0.15) is 12.5 Å². The number of rotatable bonds is 2. The molecular formula is C16H21N3. The number of fused-ring (bicyclic) bond motifs is 1. The van der Waals surface area contributed by atoms with E-state index in [2.05, 4.69) is 52.9 Å². The van der Waals surface area contributed by atoms with Crippen LogP contribution in [-0.4, -0.2) is 42.6 Å². The van der Waals surface area contributed by atoms with E-state index in [9.17, 15) is 0 Å². The highest BCUT2D eigenvalue weighted by atomic mass is 15.3. The van der Waals surface area contributed by atoms with Crippen LogP contribution in [0.5, 0.6) is 0 Å². The number of pyridine rings is 1. The van der Waals surface area contributed by atoms with Gasteiger partial charge in [0.1, 0.15) is 0 Å². The molecule has 3 rings (SSSR count). The Morgan fingerprint density at radius 1 is 1.11 bits per heavy atom.